The van der Waals surface area contributed by atoms with Crippen LogP contribution in [0.25, 0.3) is 0 Å². The van der Waals surface area contributed by atoms with Gasteiger partial charge in [0.05, 0.1) is 6.61 Å². The van der Waals surface area contributed by atoms with Crippen LogP contribution in [0.1, 0.15) is 38.7 Å². The Bertz CT molecular complexity index is 530. The number of hydrogen-bond donors (Lipinski definition) is 0. The highest BCUT2D eigenvalue weighted by molar-refractivity contribution is 7.94. The van der Waals surface area contributed by atoms with Crippen molar-refractivity contribution in [3.05, 3.63) is 53.1 Å². The lowest BCUT2D eigenvalue weighted by Gasteiger charge is -2.10. The molecule has 0 amide bonds. The summed E-state index contributed by atoms with van der Waals surface area (Å²) in [4.78, 5) is 1.12. The molecule has 1 nitrogen and oxygen atoms in total. The number of aryl methyl sites for hydroxylation is 1. The molecule has 0 unspecified atom stereocenters. The molecule has 0 heterocycles. The summed E-state index contributed by atoms with van der Waals surface area (Å²) >= 11 is 18.7. The van der Waals surface area contributed by atoms with Crippen molar-refractivity contribution in [3.63, 3.8) is 0 Å². The largest absolute Gasteiger partial charge is 0.306 e. The minimum Gasteiger partial charge on any atom is -0.306 e. The number of alkyl halides is 3. The SMILES string of the molecule is CC(=CCOSc1ccc(C)cc1)CCC=C(C)CC(Cl)(Cl)Cl. The van der Waals surface area contributed by atoms with Crippen molar-refractivity contribution in [2.24, 2.45) is 0 Å². The summed E-state index contributed by atoms with van der Waals surface area (Å²) in [6.45, 7) is 6.77. The summed E-state index contributed by atoms with van der Waals surface area (Å²) in [6, 6.07) is 8.29. The predicted octanol–water partition coefficient (Wildman–Crippen LogP) is 7.45. The predicted molar refractivity (Wildman–Crippen MR) is 105 cm³/mol. The minimum atomic E-state index is -1.20. The number of allylic oxidation sites excluding steroid dienone is 3. The molecule has 0 aliphatic carbocycles. The normalized spacial score (nSPS) is 13.5. The van der Waals surface area contributed by atoms with E-state index in [0.29, 0.717) is 13.0 Å². The highest BCUT2D eigenvalue weighted by Gasteiger charge is 2.19. The monoisotopic (exact) mass is 392 g/mol. The first kappa shape index (κ1) is 20.9. The maximum absolute atomic E-state index is 5.77. The van der Waals surface area contributed by atoms with Crippen LogP contribution in [0.5, 0.6) is 0 Å². The van der Waals surface area contributed by atoms with E-state index in [4.69, 9.17) is 39.0 Å². The Labute approximate surface area is 159 Å². The van der Waals surface area contributed by atoms with Crippen molar-refractivity contribution in [3.8, 4) is 0 Å². The topological polar surface area (TPSA) is 9.23 Å². The van der Waals surface area contributed by atoms with Crippen LogP contribution < -0.4 is 0 Å². The van der Waals surface area contributed by atoms with Crippen LogP contribution in [0.2, 0.25) is 0 Å². The Kier molecular flexibility index (Phi) is 9.72. The molecule has 0 N–H and O–H groups in total. The lowest BCUT2D eigenvalue weighted by Crippen LogP contribution is -2.01. The second kappa shape index (κ2) is 10.7. The summed E-state index contributed by atoms with van der Waals surface area (Å²) in [5, 5.41) is 0. The summed E-state index contributed by atoms with van der Waals surface area (Å²) in [5.41, 5.74) is 3.65. The van der Waals surface area contributed by atoms with Crippen molar-refractivity contribution >= 4 is 46.8 Å². The molecule has 0 saturated heterocycles. The Morgan fingerprint density at radius 2 is 1.74 bits per heavy atom. The van der Waals surface area contributed by atoms with Crippen molar-refractivity contribution in [2.75, 3.05) is 6.61 Å². The van der Waals surface area contributed by atoms with Crippen molar-refractivity contribution in [2.45, 2.75) is 48.7 Å². The van der Waals surface area contributed by atoms with Gasteiger partial charge in [-0.25, -0.2) is 0 Å². The molecule has 0 aliphatic heterocycles. The van der Waals surface area contributed by atoms with Gasteiger partial charge in [-0.3, -0.25) is 0 Å². The van der Waals surface area contributed by atoms with Gasteiger partial charge in [0.15, 0.2) is 3.79 Å². The van der Waals surface area contributed by atoms with Crippen molar-refractivity contribution < 1.29 is 4.18 Å². The zero-order valence-corrected chi connectivity index (χ0v) is 16.8. The number of rotatable bonds is 8. The lowest BCUT2D eigenvalue weighted by molar-refractivity contribution is 0.427. The van der Waals surface area contributed by atoms with Gasteiger partial charge in [0.25, 0.3) is 0 Å². The maximum Gasteiger partial charge on any atom is 0.194 e. The third-order valence-electron chi connectivity index (χ3n) is 3.19. The van der Waals surface area contributed by atoms with Crippen LogP contribution in [-0.4, -0.2) is 10.4 Å². The van der Waals surface area contributed by atoms with Crippen LogP contribution in [-0.2, 0) is 4.18 Å². The molecule has 128 valence electrons. The van der Waals surface area contributed by atoms with E-state index >= 15 is 0 Å². The molecule has 0 aliphatic rings. The van der Waals surface area contributed by atoms with Gasteiger partial charge in [-0.05, 0) is 45.7 Å². The van der Waals surface area contributed by atoms with E-state index in [1.54, 1.807) is 0 Å². The first-order valence-electron chi connectivity index (χ1n) is 7.50. The first-order valence-corrected chi connectivity index (χ1v) is 9.38. The summed E-state index contributed by atoms with van der Waals surface area (Å²) in [6.07, 6.45) is 6.63. The quantitative estimate of drug-likeness (QED) is 0.196. The van der Waals surface area contributed by atoms with Gasteiger partial charge in [-0.1, -0.05) is 75.8 Å². The van der Waals surface area contributed by atoms with Gasteiger partial charge in [-0.15, -0.1) is 0 Å². The molecular formula is C18H23Cl3OS. The van der Waals surface area contributed by atoms with Crippen molar-refractivity contribution in [1.29, 1.82) is 0 Å². The van der Waals surface area contributed by atoms with Gasteiger partial charge in [0.2, 0.25) is 0 Å². The number of benzene rings is 1. The van der Waals surface area contributed by atoms with E-state index in [1.807, 2.05) is 6.92 Å². The molecule has 1 aromatic rings. The molecule has 0 radical (unpaired) electrons. The molecule has 0 saturated carbocycles. The van der Waals surface area contributed by atoms with Crippen LogP contribution in [0, 0.1) is 6.92 Å². The smallest absolute Gasteiger partial charge is 0.194 e. The Hall–Kier alpha value is -0.120. The summed E-state index contributed by atoms with van der Waals surface area (Å²) in [7, 11) is 0. The second-order valence-corrected chi connectivity index (χ2v) is 9.00. The Balaban J connectivity index is 2.24. The zero-order valence-electron chi connectivity index (χ0n) is 13.7. The van der Waals surface area contributed by atoms with E-state index in [-0.39, 0.29) is 0 Å². The molecule has 0 fully saturated rings. The molecule has 0 aromatic heterocycles. The number of hydrogen-bond acceptors (Lipinski definition) is 2. The van der Waals surface area contributed by atoms with Gasteiger partial charge in [-0.2, -0.15) is 0 Å². The zero-order chi connectivity index (χ0) is 17.3. The molecule has 0 atom stereocenters. The first-order chi connectivity index (χ1) is 10.8. The van der Waals surface area contributed by atoms with E-state index < -0.39 is 3.79 Å². The summed E-state index contributed by atoms with van der Waals surface area (Å²) < 4.78 is 4.39. The fourth-order valence-electron chi connectivity index (χ4n) is 1.91. The molecule has 0 bridgehead atoms. The molecule has 1 aromatic carbocycles. The highest BCUT2D eigenvalue weighted by Crippen LogP contribution is 2.33. The van der Waals surface area contributed by atoms with Gasteiger partial charge in [0, 0.05) is 23.4 Å². The van der Waals surface area contributed by atoms with Gasteiger partial charge in [0.1, 0.15) is 0 Å². The van der Waals surface area contributed by atoms with E-state index in [0.717, 1.165) is 23.3 Å². The summed E-state index contributed by atoms with van der Waals surface area (Å²) in [5.74, 6) is 0. The lowest BCUT2D eigenvalue weighted by atomic mass is 10.1. The van der Waals surface area contributed by atoms with E-state index in [1.165, 1.54) is 23.2 Å². The molecule has 23 heavy (non-hydrogen) atoms. The minimum absolute atomic E-state index is 0.469. The van der Waals surface area contributed by atoms with Crippen LogP contribution in [0.3, 0.4) is 0 Å². The maximum atomic E-state index is 5.77. The molecule has 1 rings (SSSR count). The average Bonchev–Trinajstić information content (AvgIpc) is 2.43. The third kappa shape index (κ3) is 11.1. The van der Waals surface area contributed by atoms with E-state index in [9.17, 15) is 0 Å². The fraction of sp³-hybridized carbons (Fsp3) is 0.444. The third-order valence-corrected chi connectivity index (χ3v) is 4.31. The molecule has 5 heteroatoms. The molecule has 0 spiro atoms. The second-order valence-electron chi connectivity index (χ2n) is 5.61. The van der Waals surface area contributed by atoms with Crippen LogP contribution >= 0.6 is 46.8 Å². The van der Waals surface area contributed by atoms with E-state index in [2.05, 4.69) is 50.3 Å². The standard InChI is InChI=1S/C18H23Cl3OS/c1-14(5-4-6-16(3)13-18(19,20)21)11-12-22-23-17-9-7-15(2)8-10-17/h6-11H,4-5,12-13H2,1-3H3. The Morgan fingerprint density at radius 1 is 1.09 bits per heavy atom. The number of halogens is 3. The van der Waals surface area contributed by atoms with Gasteiger partial charge < -0.3 is 4.18 Å². The highest BCUT2D eigenvalue weighted by atomic mass is 35.6. The van der Waals surface area contributed by atoms with Gasteiger partial charge >= 0.3 is 0 Å². The fourth-order valence-corrected chi connectivity index (χ4v) is 3.06. The van der Waals surface area contributed by atoms with Crippen LogP contribution in [0.4, 0.5) is 0 Å². The average molecular weight is 394 g/mol. The van der Waals surface area contributed by atoms with Crippen LogP contribution in [0.15, 0.2) is 52.5 Å². The Morgan fingerprint density at radius 3 is 2.35 bits per heavy atom. The van der Waals surface area contributed by atoms with Crippen molar-refractivity contribution in [1.82, 2.24) is 0 Å². The molecular weight excluding hydrogens is 371 g/mol.